The zero-order valence-electron chi connectivity index (χ0n) is 13.8. The van der Waals surface area contributed by atoms with Crippen LogP contribution in [0.5, 0.6) is 0 Å². The largest absolute Gasteiger partial charge is 0.480 e. The summed E-state index contributed by atoms with van der Waals surface area (Å²) in [7, 11) is 2.02. The van der Waals surface area contributed by atoms with E-state index in [-0.39, 0.29) is 11.2 Å². The normalized spacial score (nSPS) is 28.3. The molecule has 2 unspecified atom stereocenters. The summed E-state index contributed by atoms with van der Waals surface area (Å²) in [6, 6.07) is 5.31. The number of hydrogen-bond donors (Lipinski definition) is 3. The van der Waals surface area contributed by atoms with E-state index in [1.54, 1.807) is 12.1 Å². The van der Waals surface area contributed by atoms with Gasteiger partial charge in [0.05, 0.1) is 5.71 Å². The number of carbonyl (C=O) groups excluding carboxylic acids is 1. The molecule has 1 aliphatic carbocycles. The zero-order valence-corrected chi connectivity index (χ0v) is 16.4. The molecule has 0 amide bonds. The number of likely N-dealkylation sites (N-methyl/N-ethyl adjacent to an activating group) is 1. The number of fused-ring (bicyclic) bond motifs is 3. The Morgan fingerprint density at radius 2 is 2.12 bits per heavy atom. The molecule has 2 atom stereocenters. The van der Waals surface area contributed by atoms with E-state index in [1.807, 2.05) is 13.1 Å². The maximum absolute atomic E-state index is 12.8. The Balaban J connectivity index is 1.80. The molecular formula is C17H16ClN3O3S2. The number of carbonyl (C=O) groups is 2. The smallest absolute Gasteiger partial charge is 0.333 e. The van der Waals surface area contributed by atoms with Gasteiger partial charge in [-0.15, -0.1) is 25.3 Å². The van der Waals surface area contributed by atoms with Gasteiger partial charge in [-0.2, -0.15) is 0 Å². The number of carboxylic acid groups (broad SMARTS) is 1. The summed E-state index contributed by atoms with van der Waals surface area (Å²) in [5.41, 5.74) is 2.36. The first-order valence-corrected chi connectivity index (χ1v) is 9.35. The molecule has 9 heteroatoms. The standard InChI is InChI=1S/C17H16ClN3O3S2/c1-20-4-5-21(11(18)7-20)8-2-3-9-10(6-8)12-13(19-15(12)25)17(26,14(9)22)16(23)24/h2-3,6,11,26H,4-5,7H2,1H3,(H,19,25)(H,23,24). The second-order valence-electron chi connectivity index (χ2n) is 6.62. The second kappa shape index (κ2) is 6.02. The summed E-state index contributed by atoms with van der Waals surface area (Å²) in [5, 5.41) is 9.97. The fraction of sp³-hybridized carbons (Fsp3) is 0.353. The van der Waals surface area contributed by atoms with Gasteiger partial charge in [0.15, 0.2) is 5.78 Å². The molecule has 1 N–H and O–H groups in total. The first kappa shape index (κ1) is 17.9. The van der Waals surface area contributed by atoms with Gasteiger partial charge in [0, 0.05) is 36.5 Å². The number of aliphatic carboxylic acids is 1. The molecular weight excluding hydrogens is 394 g/mol. The zero-order chi connectivity index (χ0) is 18.8. The third-order valence-corrected chi connectivity index (χ3v) is 6.33. The molecule has 26 heavy (non-hydrogen) atoms. The lowest BCUT2D eigenvalue weighted by Crippen LogP contribution is -2.54. The van der Waals surface area contributed by atoms with Gasteiger partial charge in [0.1, 0.15) is 10.5 Å². The van der Waals surface area contributed by atoms with Crippen molar-refractivity contribution >= 4 is 65.6 Å². The minimum atomic E-state index is -1.97. The van der Waals surface area contributed by atoms with Gasteiger partial charge in [-0.25, -0.2) is 9.79 Å². The number of allylic oxidation sites excluding steroid dienone is 1. The van der Waals surface area contributed by atoms with Crippen molar-refractivity contribution in [2.24, 2.45) is 4.99 Å². The molecule has 1 fully saturated rings. The number of piperazine rings is 1. The summed E-state index contributed by atoms with van der Waals surface area (Å²) >= 11 is 15.0. The van der Waals surface area contributed by atoms with Crippen LogP contribution in [-0.2, 0) is 4.79 Å². The van der Waals surface area contributed by atoms with E-state index >= 15 is 0 Å². The molecule has 3 aliphatic rings. The molecule has 6 nitrogen and oxygen atoms in total. The van der Waals surface area contributed by atoms with Crippen LogP contribution in [0.3, 0.4) is 0 Å². The highest BCUT2D eigenvalue weighted by molar-refractivity contribution is 7.86. The molecule has 1 aromatic carbocycles. The van der Waals surface area contributed by atoms with Crippen molar-refractivity contribution in [3.63, 3.8) is 0 Å². The van der Waals surface area contributed by atoms with Gasteiger partial charge < -0.3 is 14.9 Å². The van der Waals surface area contributed by atoms with E-state index in [1.165, 1.54) is 0 Å². The number of carboxylic acids is 1. The number of benzene rings is 1. The van der Waals surface area contributed by atoms with E-state index in [4.69, 9.17) is 11.6 Å². The number of alkyl halides is 1. The van der Waals surface area contributed by atoms with Gasteiger partial charge >= 0.3 is 5.97 Å². The highest BCUT2D eigenvalue weighted by Crippen LogP contribution is 2.47. The molecule has 2 aliphatic heterocycles. The molecule has 4 rings (SSSR count). The van der Waals surface area contributed by atoms with Crippen molar-refractivity contribution in [2.45, 2.75) is 10.2 Å². The Hall–Kier alpha value is -1.48. The first-order valence-electron chi connectivity index (χ1n) is 8.02. The van der Waals surface area contributed by atoms with E-state index in [0.29, 0.717) is 21.7 Å². The maximum Gasteiger partial charge on any atom is 0.333 e. The van der Waals surface area contributed by atoms with Gasteiger partial charge in [0.2, 0.25) is 4.75 Å². The number of ketones is 1. The molecule has 2 heterocycles. The lowest BCUT2D eigenvalue weighted by Gasteiger charge is -2.40. The van der Waals surface area contributed by atoms with E-state index in [0.717, 1.165) is 25.3 Å². The molecule has 1 aromatic rings. The molecule has 136 valence electrons. The van der Waals surface area contributed by atoms with Gasteiger partial charge in [0.25, 0.3) is 0 Å². The van der Waals surface area contributed by atoms with Crippen LogP contribution in [0.15, 0.2) is 28.2 Å². The van der Waals surface area contributed by atoms with Gasteiger partial charge in [-0.05, 0) is 30.8 Å². The third kappa shape index (κ3) is 2.36. The quantitative estimate of drug-likeness (QED) is 0.301. The highest BCUT2D eigenvalue weighted by Gasteiger charge is 2.56. The molecule has 0 aromatic heterocycles. The van der Waals surface area contributed by atoms with Crippen LogP contribution < -0.4 is 4.90 Å². The fourth-order valence-electron chi connectivity index (χ4n) is 3.55. The summed E-state index contributed by atoms with van der Waals surface area (Å²) in [6.07, 6.45) is 0. The first-order chi connectivity index (χ1) is 12.2. The van der Waals surface area contributed by atoms with Crippen molar-refractivity contribution < 1.29 is 14.7 Å². The predicted octanol–water partition coefficient (Wildman–Crippen LogP) is 2.01. The second-order valence-corrected chi connectivity index (χ2v) is 8.22. The Kier molecular flexibility index (Phi) is 4.15. The predicted molar refractivity (Wildman–Crippen MR) is 108 cm³/mol. The maximum atomic E-state index is 12.8. The van der Waals surface area contributed by atoms with E-state index in [2.05, 4.69) is 40.0 Å². The van der Waals surface area contributed by atoms with Gasteiger partial charge in [-0.3, -0.25) is 4.79 Å². The number of halogens is 1. The van der Waals surface area contributed by atoms with Crippen LogP contribution in [-0.4, -0.2) is 64.4 Å². The van der Waals surface area contributed by atoms with E-state index in [9.17, 15) is 14.7 Å². The van der Waals surface area contributed by atoms with Crippen LogP contribution >= 0.6 is 36.9 Å². The topological polar surface area (TPSA) is 73.2 Å². The van der Waals surface area contributed by atoms with Crippen LogP contribution in [0.25, 0.3) is 5.57 Å². The number of hydrogen-bond acceptors (Lipinski definition) is 7. The average Bonchev–Trinajstić information content (AvgIpc) is 2.57. The summed E-state index contributed by atoms with van der Waals surface area (Å²) in [5.74, 6) is -1.92. The van der Waals surface area contributed by atoms with E-state index < -0.39 is 16.5 Å². The van der Waals surface area contributed by atoms with Crippen molar-refractivity contribution in [3.8, 4) is 0 Å². The summed E-state index contributed by atoms with van der Waals surface area (Å²) in [4.78, 5) is 32.9. The Labute approximate surface area is 166 Å². The Morgan fingerprint density at radius 3 is 2.73 bits per heavy atom. The number of rotatable bonds is 2. The average molecular weight is 410 g/mol. The number of Topliss-reactive ketones (excluding diaryl/α,β-unsaturated/α-hetero) is 1. The monoisotopic (exact) mass is 409 g/mol. The minimum absolute atomic E-state index is 0.147. The number of anilines is 1. The SMILES string of the molecule is CN1CCN(c2ccc3c(c2)C2=C(S)N=C2C(S)(C(=O)O)C3=O)C(Cl)C1. The van der Waals surface area contributed by atoms with Crippen LogP contribution in [0.1, 0.15) is 15.9 Å². The Bertz CT molecular complexity index is 917. The number of nitrogens with zero attached hydrogens (tertiary/aromatic N) is 3. The number of aliphatic imine (C=N–C) groups is 1. The van der Waals surface area contributed by atoms with Gasteiger partial charge in [-0.1, -0.05) is 11.6 Å². The van der Waals surface area contributed by atoms with Crippen LogP contribution in [0, 0.1) is 0 Å². The lowest BCUT2D eigenvalue weighted by molar-refractivity contribution is -0.136. The molecule has 0 radical (unpaired) electrons. The summed E-state index contributed by atoms with van der Waals surface area (Å²) < 4.78 is -1.97. The number of thiol groups is 2. The molecule has 0 spiro atoms. The Morgan fingerprint density at radius 1 is 1.38 bits per heavy atom. The van der Waals surface area contributed by atoms with Crippen LogP contribution in [0.4, 0.5) is 5.69 Å². The third-order valence-electron chi connectivity index (χ3n) is 5.03. The fourth-order valence-corrected chi connectivity index (χ4v) is 4.61. The van der Waals surface area contributed by atoms with Crippen molar-refractivity contribution in [1.82, 2.24) is 4.90 Å². The summed E-state index contributed by atoms with van der Waals surface area (Å²) in [6.45, 7) is 2.37. The molecule has 0 bridgehead atoms. The van der Waals surface area contributed by atoms with Crippen LogP contribution in [0.2, 0.25) is 0 Å². The molecule has 1 saturated heterocycles. The van der Waals surface area contributed by atoms with Crippen molar-refractivity contribution in [3.05, 3.63) is 34.4 Å². The molecule has 0 saturated carbocycles. The highest BCUT2D eigenvalue weighted by atomic mass is 35.5. The van der Waals surface area contributed by atoms with Crippen molar-refractivity contribution in [1.29, 1.82) is 0 Å². The minimum Gasteiger partial charge on any atom is -0.480 e. The lowest BCUT2D eigenvalue weighted by atomic mass is 9.75. The van der Waals surface area contributed by atoms with Crippen molar-refractivity contribution in [2.75, 3.05) is 31.6 Å².